The summed E-state index contributed by atoms with van der Waals surface area (Å²) in [5.41, 5.74) is 5.78. The van der Waals surface area contributed by atoms with Crippen LogP contribution in [0.2, 0.25) is 0 Å². The maximum absolute atomic E-state index is 13.2. The van der Waals surface area contributed by atoms with Gasteiger partial charge in [-0.2, -0.15) is 5.10 Å². The number of aromatic nitrogens is 4. The van der Waals surface area contributed by atoms with E-state index in [1.807, 2.05) is 29.6 Å². The molecule has 2 aromatic rings. The number of carbonyl (C=O) groups excluding carboxylic acids is 1. The fourth-order valence-corrected chi connectivity index (χ4v) is 4.45. The average Bonchev–Trinajstić information content (AvgIpc) is 2.99. The molecule has 0 spiro atoms. The first-order valence-electron chi connectivity index (χ1n) is 10.8. The van der Waals surface area contributed by atoms with E-state index in [1.165, 1.54) is 16.8 Å². The molecule has 0 unspecified atom stereocenters. The van der Waals surface area contributed by atoms with Crippen LogP contribution in [0, 0.1) is 26.7 Å². The molecule has 2 atom stereocenters. The Morgan fingerprint density at radius 2 is 2.17 bits per heavy atom. The van der Waals surface area contributed by atoms with Crippen LogP contribution in [0.25, 0.3) is 0 Å². The summed E-state index contributed by atoms with van der Waals surface area (Å²) in [5, 5.41) is 7.96. The van der Waals surface area contributed by atoms with Crippen LogP contribution in [-0.4, -0.2) is 50.2 Å². The lowest BCUT2D eigenvalue weighted by atomic mass is 9.95. The third-order valence-corrected chi connectivity index (χ3v) is 6.54. The molecule has 2 aliphatic rings. The van der Waals surface area contributed by atoms with Crippen molar-refractivity contribution in [3.63, 3.8) is 0 Å². The van der Waals surface area contributed by atoms with Gasteiger partial charge in [0.25, 0.3) is 0 Å². The molecule has 0 bridgehead atoms. The number of fused-ring (bicyclic) bond motifs is 1. The summed E-state index contributed by atoms with van der Waals surface area (Å²) >= 11 is 0. The van der Waals surface area contributed by atoms with Crippen LogP contribution in [0.3, 0.4) is 0 Å². The molecule has 7 nitrogen and oxygen atoms in total. The Hall–Kier alpha value is -2.28. The molecule has 1 N–H and O–H groups in total. The zero-order valence-electron chi connectivity index (χ0n) is 18.0. The first kappa shape index (κ1) is 20.0. The second kappa shape index (κ2) is 8.22. The maximum atomic E-state index is 13.2. The minimum atomic E-state index is -0.0957. The van der Waals surface area contributed by atoms with E-state index in [-0.39, 0.29) is 17.7 Å². The fourth-order valence-electron chi connectivity index (χ4n) is 4.45. The van der Waals surface area contributed by atoms with Gasteiger partial charge < -0.3 is 10.2 Å². The Labute approximate surface area is 172 Å². The van der Waals surface area contributed by atoms with Gasteiger partial charge in [0.05, 0.1) is 18.2 Å². The zero-order valence-corrected chi connectivity index (χ0v) is 18.0. The molecule has 0 saturated carbocycles. The van der Waals surface area contributed by atoms with E-state index in [2.05, 4.69) is 29.2 Å². The van der Waals surface area contributed by atoms with Crippen LogP contribution in [0.5, 0.6) is 0 Å². The standard InChI is InChI=1S/C22H32N6O/c1-14(12-28-17(4)15(2)16(3)26-28)22(29)27-9-5-6-18(13-27)21-24-11-19-10-23-8-7-20(19)25-21/h11,14,18,23H,5-10,12-13H2,1-4H3/t14-,18+/m1/s1. The molecule has 0 aromatic carbocycles. The number of nitrogens with one attached hydrogen (secondary N) is 1. The molecular formula is C22H32N6O. The average molecular weight is 397 g/mol. The van der Waals surface area contributed by atoms with Gasteiger partial charge in [-0.25, -0.2) is 9.97 Å². The Morgan fingerprint density at radius 3 is 2.93 bits per heavy atom. The normalized spacial score (nSPS) is 20.4. The largest absolute Gasteiger partial charge is 0.342 e. The van der Waals surface area contributed by atoms with Crippen LogP contribution in [0.15, 0.2) is 6.20 Å². The number of nitrogens with zero attached hydrogens (tertiary/aromatic N) is 5. The fraction of sp³-hybridized carbons (Fsp3) is 0.636. The summed E-state index contributed by atoms with van der Waals surface area (Å²) in [7, 11) is 0. The number of aryl methyl sites for hydroxylation is 1. The highest BCUT2D eigenvalue weighted by molar-refractivity contribution is 5.78. The lowest BCUT2D eigenvalue weighted by Crippen LogP contribution is -2.43. The van der Waals surface area contributed by atoms with Gasteiger partial charge in [0.1, 0.15) is 5.82 Å². The summed E-state index contributed by atoms with van der Waals surface area (Å²) in [6, 6.07) is 0. The Morgan fingerprint density at radius 1 is 1.34 bits per heavy atom. The molecule has 7 heteroatoms. The summed E-state index contributed by atoms with van der Waals surface area (Å²) in [6.45, 7) is 12.2. The van der Waals surface area contributed by atoms with E-state index in [1.54, 1.807) is 0 Å². The summed E-state index contributed by atoms with van der Waals surface area (Å²) in [4.78, 5) is 24.7. The highest BCUT2D eigenvalue weighted by Gasteiger charge is 2.30. The van der Waals surface area contributed by atoms with Gasteiger partial charge in [-0.1, -0.05) is 6.92 Å². The highest BCUT2D eigenvalue weighted by atomic mass is 16.2. The second-order valence-corrected chi connectivity index (χ2v) is 8.63. The molecule has 0 radical (unpaired) electrons. The van der Waals surface area contributed by atoms with Gasteiger partial charge >= 0.3 is 0 Å². The SMILES string of the molecule is Cc1nn(C[C@@H](C)C(=O)N2CCC[C@H](c3ncc4c(n3)CCNC4)C2)c(C)c1C. The van der Waals surface area contributed by atoms with E-state index in [9.17, 15) is 4.79 Å². The minimum absolute atomic E-state index is 0.0957. The van der Waals surface area contributed by atoms with E-state index in [0.717, 1.165) is 62.7 Å². The number of piperidine rings is 1. The van der Waals surface area contributed by atoms with Crippen molar-refractivity contribution in [2.45, 2.75) is 66.0 Å². The Bertz CT molecular complexity index is 905. The summed E-state index contributed by atoms with van der Waals surface area (Å²) < 4.78 is 1.98. The first-order chi connectivity index (χ1) is 13.9. The zero-order chi connectivity index (χ0) is 20.5. The van der Waals surface area contributed by atoms with Crippen LogP contribution >= 0.6 is 0 Å². The van der Waals surface area contributed by atoms with Crippen LogP contribution in [0.4, 0.5) is 0 Å². The van der Waals surface area contributed by atoms with E-state index < -0.39 is 0 Å². The monoisotopic (exact) mass is 396 g/mol. The van der Waals surface area contributed by atoms with Crippen molar-refractivity contribution < 1.29 is 4.79 Å². The predicted octanol–water partition coefficient (Wildman–Crippen LogP) is 2.29. The molecule has 1 saturated heterocycles. The molecular weight excluding hydrogens is 364 g/mol. The van der Waals surface area contributed by atoms with Gasteiger partial charge in [-0.3, -0.25) is 9.48 Å². The highest BCUT2D eigenvalue weighted by Crippen LogP contribution is 2.27. The number of amides is 1. The Balaban J connectivity index is 1.43. The van der Waals surface area contributed by atoms with Crippen molar-refractivity contribution in [1.82, 2.24) is 30.0 Å². The van der Waals surface area contributed by atoms with Gasteiger partial charge in [-0.05, 0) is 39.2 Å². The van der Waals surface area contributed by atoms with Gasteiger partial charge in [0.15, 0.2) is 0 Å². The van der Waals surface area contributed by atoms with E-state index in [0.29, 0.717) is 6.54 Å². The number of carbonyl (C=O) groups is 1. The van der Waals surface area contributed by atoms with E-state index >= 15 is 0 Å². The molecule has 4 rings (SSSR count). The molecule has 4 heterocycles. The first-order valence-corrected chi connectivity index (χ1v) is 10.8. The molecule has 2 aliphatic heterocycles. The third-order valence-electron chi connectivity index (χ3n) is 6.54. The maximum Gasteiger partial charge on any atom is 0.227 e. The van der Waals surface area contributed by atoms with Crippen LogP contribution in [0.1, 0.15) is 59.7 Å². The van der Waals surface area contributed by atoms with E-state index in [4.69, 9.17) is 4.98 Å². The van der Waals surface area contributed by atoms with Crippen molar-refractivity contribution >= 4 is 5.91 Å². The summed E-state index contributed by atoms with van der Waals surface area (Å²) in [6.07, 6.45) is 4.98. The second-order valence-electron chi connectivity index (χ2n) is 8.63. The van der Waals surface area contributed by atoms with Crippen molar-refractivity contribution in [1.29, 1.82) is 0 Å². The van der Waals surface area contributed by atoms with Crippen LogP contribution < -0.4 is 5.32 Å². The number of hydrogen-bond donors (Lipinski definition) is 1. The topological polar surface area (TPSA) is 75.9 Å². The minimum Gasteiger partial charge on any atom is -0.342 e. The third kappa shape index (κ3) is 4.06. The van der Waals surface area contributed by atoms with Gasteiger partial charge in [-0.15, -0.1) is 0 Å². The number of likely N-dealkylation sites (tertiary alicyclic amines) is 1. The summed E-state index contributed by atoms with van der Waals surface area (Å²) in [5.74, 6) is 1.25. The van der Waals surface area contributed by atoms with Gasteiger partial charge in [0, 0.05) is 61.7 Å². The van der Waals surface area contributed by atoms with Gasteiger partial charge in [0.2, 0.25) is 5.91 Å². The molecule has 0 aliphatic carbocycles. The molecule has 1 amide bonds. The Kier molecular flexibility index (Phi) is 5.67. The van der Waals surface area contributed by atoms with Crippen molar-refractivity contribution in [3.8, 4) is 0 Å². The van der Waals surface area contributed by atoms with Crippen LogP contribution in [-0.2, 0) is 24.3 Å². The smallest absolute Gasteiger partial charge is 0.227 e. The lowest BCUT2D eigenvalue weighted by molar-refractivity contribution is -0.136. The van der Waals surface area contributed by atoms with Crippen molar-refractivity contribution in [2.75, 3.05) is 19.6 Å². The number of rotatable bonds is 4. The number of hydrogen-bond acceptors (Lipinski definition) is 5. The van der Waals surface area contributed by atoms with Crippen molar-refractivity contribution in [2.24, 2.45) is 5.92 Å². The molecule has 29 heavy (non-hydrogen) atoms. The predicted molar refractivity (Wildman–Crippen MR) is 112 cm³/mol. The molecule has 156 valence electrons. The lowest BCUT2D eigenvalue weighted by Gasteiger charge is -2.34. The molecule has 2 aromatic heterocycles. The molecule has 1 fully saturated rings. The van der Waals surface area contributed by atoms with Crippen molar-refractivity contribution in [3.05, 3.63) is 40.2 Å². The quantitative estimate of drug-likeness (QED) is 0.858.